The molecule has 0 aliphatic heterocycles. The lowest BCUT2D eigenvalue weighted by molar-refractivity contribution is -0.118. The first-order valence-corrected chi connectivity index (χ1v) is 4.78. The van der Waals surface area contributed by atoms with Crippen molar-refractivity contribution in [2.45, 2.75) is 46.0 Å². The molecule has 0 aromatic carbocycles. The molecule has 0 fully saturated rings. The van der Waals surface area contributed by atoms with Gasteiger partial charge in [-0.1, -0.05) is 32.9 Å². The molecule has 0 aliphatic rings. The van der Waals surface area contributed by atoms with E-state index in [2.05, 4.69) is 10.1 Å². The molecular formula is C10H16N2O2. The number of ketones is 1. The lowest BCUT2D eigenvalue weighted by atomic mass is 9.96. The van der Waals surface area contributed by atoms with Gasteiger partial charge in [-0.3, -0.25) is 4.79 Å². The van der Waals surface area contributed by atoms with Gasteiger partial charge in [-0.05, 0) is 0 Å². The third-order valence-electron chi connectivity index (χ3n) is 1.88. The highest BCUT2D eigenvalue weighted by Crippen LogP contribution is 2.18. The molecule has 0 unspecified atom stereocenters. The fourth-order valence-corrected chi connectivity index (χ4v) is 0.925. The second kappa shape index (κ2) is 3.90. The zero-order valence-electron chi connectivity index (χ0n) is 9.13. The van der Waals surface area contributed by atoms with Crippen LogP contribution in [0.2, 0.25) is 0 Å². The highest BCUT2D eigenvalue weighted by atomic mass is 16.5. The Morgan fingerprint density at radius 3 is 2.50 bits per heavy atom. The van der Waals surface area contributed by atoms with E-state index < -0.39 is 0 Å². The van der Waals surface area contributed by atoms with Gasteiger partial charge in [0.05, 0.1) is 6.42 Å². The van der Waals surface area contributed by atoms with E-state index in [1.165, 1.54) is 0 Å². The Hall–Kier alpha value is -1.19. The van der Waals surface area contributed by atoms with Gasteiger partial charge in [-0.15, -0.1) is 0 Å². The zero-order chi connectivity index (χ0) is 10.8. The Morgan fingerprint density at radius 1 is 1.43 bits per heavy atom. The summed E-state index contributed by atoms with van der Waals surface area (Å²) in [6, 6.07) is 0. The summed E-state index contributed by atoms with van der Waals surface area (Å²) in [5.74, 6) is 1.19. The summed E-state index contributed by atoms with van der Waals surface area (Å²) in [6.45, 7) is 7.83. The van der Waals surface area contributed by atoms with Crippen molar-refractivity contribution in [2.75, 3.05) is 0 Å². The van der Waals surface area contributed by atoms with Gasteiger partial charge >= 0.3 is 0 Å². The minimum absolute atomic E-state index is 0.120. The molecule has 1 heterocycles. The molecule has 0 aliphatic carbocycles. The Balaban J connectivity index is 2.74. The number of rotatable bonds is 3. The fraction of sp³-hybridized carbons (Fsp3) is 0.700. The van der Waals surface area contributed by atoms with Gasteiger partial charge in [-0.2, -0.15) is 4.98 Å². The number of carbonyl (C=O) groups is 1. The number of nitrogens with zero attached hydrogens (tertiary/aromatic N) is 2. The van der Waals surface area contributed by atoms with Gasteiger partial charge in [0.1, 0.15) is 5.78 Å². The second-order valence-corrected chi connectivity index (χ2v) is 4.33. The Labute approximate surface area is 83.7 Å². The summed E-state index contributed by atoms with van der Waals surface area (Å²) in [4.78, 5) is 15.3. The normalized spacial score (nSPS) is 11.7. The summed E-state index contributed by atoms with van der Waals surface area (Å²) in [6.07, 6.45) is 0.757. The number of carbonyl (C=O) groups excluding carboxylic acids is 1. The summed E-state index contributed by atoms with van der Waals surface area (Å²) in [5.41, 5.74) is -0.128. The Bertz CT molecular complexity index is 323. The van der Waals surface area contributed by atoms with Gasteiger partial charge in [0.25, 0.3) is 0 Å². The smallest absolute Gasteiger partial charge is 0.234 e. The van der Waals surface area contributed by atoms with Gasteiger partial charge in [0.15, 0.2) is 5.82 Å². The summed E-state index contributed by atoms with van der Waals surface area (Å²) < 4.78 is 4.98. The van der Waals surface area contributed by atoms with Gasteiger partial charge < -0.3 is 4.52 Å². The maximum atomic E-state index is 11.1. The molecule has 1 aromatic rings. The Kier molecular flexibility index (Phi) is 3.03. The average molecular weight is 196 g/mol. The quantitative estimate of drug-likeness (QED) is 0.740. The van der Waals surface area contributed by atoms with Crippen LogP contribution < -0.4 is 0 Å². The minimum Gasteiger partial charge on any atom is -0.339 e. The number of hydrogen-bond donors (Lipinski definition) is 0. The molecule has 0 bridgehead atoms. The molecule has 0 radical (unpaired) electrons. The lowest BCUT2D eigenvalue weighted by Crippen LogP contribution is -2.13. The molecular weight excluding hydrogens is 180 g/mol. The monoisotopic (exact) mass is 196 g/mol. The molecule has 1 rings (SSSR count). The molecule has 0 spiro atoms. The van der Waals surface area contributed by atoms with E-state index in [4.69, 9.17) is 4.52 Å². The molecule has 0 N–H and O–H groups in total. The standard InChI is InChI=1S/C10H16N2O2/c1-5-7(13)6-8-11-9(12-14-8)10(2,3)4/h5-6H2,1-4H3. The molecule has 0 atom stereocenters. The molecule has 4 heteroatoms. The van der Waals surface area contributed by atoms with Crippen molar-refractivity contribution in [3.05, 3.63) is 11.7 Å². The largest absolute Gasteiger partial charge is 0.339 e. The highest BCUT2D eigenvalue weighted by molar-refractivity contribution is 5.79. The molecule has 78 valence electrons. The van der Waals surface area contributed by atoms with Crippen molar-refractivity contribution in [1.82, 2.24) is 10.1 Å². The first-order chi connectivity index (χ1) is 6.43. The van der Waals surface area contributed by atoms with Crippen LogP contribution in [0.3, 0.4) is 0 Å². The summed E-state index contributed by atoms with van der Waals surface area (Å²) >= 11 is 0. The van der Waals surface area contributed by atoms with Crippen LogP contribution in [0, 0.1) is 0 Å². The predicted octanol–water partition coefficient (Wildman–Crippen LogP) is 1.89. The van der Waals surface area contributed by atoms with Crippen LogP contribution in [-0.4, -0.2) is 15.9 Å². The van der Waals surface area contributed by atoms with Gasteiger partial charge in [0.2, 0.25) is 5.89 Å². The minimum atomic E-state index is -0.128. The van der Waals surface area contributed by atoms with Crippen molar-refractivity contribution in [2.24, 2.45) is 0 Å². The SMILES string of the molecule is CCC(=O)Cc1nc(C(C)(C)C)no1. The van der Waals surface area contributed by atoms with Crippen LogP contribution in [0.4, 0.5) is 0 Å². The molecule has 0 amide bonds. The van der Waals surface area contributed by atoms with Crippen LogP contribution in [-0.2, 0) is 16.6 Å². The van der Waals surface area contributed by atoms with Crippen LogP contribution in [0.5, 0.6) is 0 Å². The third kappa shape index (κ3) is 2.65. The van der Waals surface area contributed by atoms with E-state index >= 15 is 0 Å². The second-order valence-electron chi connectivity index (χ2n) is 4.33. The maximum absolute atomic E-state index is 11.1. The van der Waals surface area contributed by atoms with E-state index in [1.807, 2.05) is 27.7 Å². The summed E-state index contributed by atoms with van der Waals surface area (Å²) in [7, 11) is 0. The number of Topliss-reactive ketones (excluding diaryl/α,β-unsaturated/α-hetero) is 1. The van der Waals surface area contributed by atoms with Gasteiger partial charge in [0, 0.05) is 11.8 Å². The molecule has 1 aromatic heterocycles. The van der Waals surface area contributed by atoms with E-state index in [-0.39, 0.29) is 17.6 Å². The van der Waals surface area contributed by atoms with Crippen molar-refractivity contribution < 1.29 is 9.32 Å². The third-order valence-corrected chi connectivity index (χ3v) is 1.88. The molecule has 14 heavy (non-hydrogen) atoms. The van der Waals surface area contributed by atoms with E-state index in [1.54, 1.807) is 0 Å². The number of hydrogen-bond acceptors (Lipinski definition) is 4. The zero-order valence-corrected chi connectivity index (χ0v) is 9.13. The van der Waals surface area contributed by atoms with E-state index in [0.29, 0.717) is 18.1 Å². The van der Waals surface area contributed by atoms with Crippen molar-refractivity contribution in [1.29, 1.82) is 0 Å². The van der Waals surface area contributed by atoms with Crippen molar-refractivity contribution >= 4 is 5.78 Å². The van der Waals surface area contributed by atoms with Crippen LogP contribution in [0.25, 0.3) is 0 Å². The van der Waals surface area contributed by atoms with Gasteiger partial charge in [-0.25, -0.2) is 0 Å². The average Bonchev–Trinajstić information content (AvgIpc) is 2.51. The van der Waals surface area contributed by atoms with Crippen LogP contribution in [0.1, 0.15) is 45.8 Å². The topological polar surface area (TPSA) is 56.0 Å². The molecule has 0 saturated heterocycles. The van der Waals surface area contributed by atoms with Crippen molar-refractivity contribution in [3.63, 3.8) is 0 Å². The Morgan fingerprint density at radius 2 is 2.07 bits per heavy atom. The molecule has 4 nitrogen and oxygen atoms in total. The number of aromatic nitrogens is 2. The van der Waals surface area contributed by atoms with Crippen LogP contribution in [0.15, 0.2) is 4.52 Å². The van der Waals surface area contributed by atoms with E-state index in [0.717, 1.165) is 0 Å². The highest BCUT2D eigenvalue weighted by Gasteiger charge is 2.21. The summed E-state index contributed by atoms with van der Waals surface area (Å²) in [5, 5.41) is 3.84. The fourth-order valence-electron chi connectivity index (χ4n) is 0.925. The molecule has 0 saturated carbocycles. The first-order valence-electron chi connectivity index (χ1n) is 4.78. The first kappa shape index (κ1) is 10.9. The van der Waals surface area contributed by atoms with E-state index in [9.17, 15) is 4.79 Å². The lowest BCUT2D eigenvalue weighted by Gasteiger charge is -2.10. The predicted molar refractivity (Wildman–Crippen MR) is 52.0 cm³/mol. The van der Waals surface area contributed by atoms with Crippen molar-refractivity contribution in [3.8, 4) is 0 Å². The maximum Gasteiger partial charge on any atom is 0.234 e. The van der Waals surface area contributed by atoms with Crippen LogP contribution >= 0.6 is 0 Å².